The molecule has 0 saturated heterocycles. The summed E-state index contributed by atoms with van der Waals surface area (Å²) in [6, 6.07) is 8.00. The summed E-state index contributed by atoms with van der Waals surface area (Å²) in [6.45, 7) is 1.90. The maximum Gasteiger partial charge on any atom is 0.416 e. The van der Waals surface area contributed by atoms with E-state index in [-0.39, 0.29) is 18.2 Å². The van der Waals surface area contributed by atoms with Crippen LogP contribution in [0.3, 0.4) is 0 Å². The lowest BCUT2D eigenvalue weighted by Gasteiger charge is -2.21. The number of H-pyrrole nitrogens is 1. The Morgan fingerprint density at radius 3 is 2.65 bits per heavy atom. The van der Waals surface area contributed by atoms with Crippen molar-refractivity contribution in [2.75, 3.05) is 6.79 Å². The molecule has 2 amide bonds. The van der Waals surface area contributed by atoms with Crippen LogP contribution in [0.4, 0.5) is 18.0 Å². The van der Waals surface area contributed by atoms with E-state index in [0.29, 0.717) is 11.5 Å². The van der Waals surface area contributed by atoms with Crippen molar-refractivity contribution in [2.45, 2.75) is 25.2 Å². The highest BCUT2D eigenvalue weighted by Crippen LogP contribution is 2.34. The number of carbonyl (C=O) groups is 1. The fourth-order valence-electron chi connectivity index (χ4n) is 3.19. The number of alkyl halides is 3. The van der Waals surface area contributed by atoms with Gasteiger partial charge in [-0.05, 0) is 42.3 Å². The molecule has 1 aromatic heterocycles. The van der Waals surface area contributed by atoms with E-state index < -0.39 is 29.9 Å². The monoisotopic (exact) mass is 433 g/mol. The van der Waals surface area contributed by atoms with Gasteiger partial charge in [0.05, 0.1) is 11.6 Å². The van der Waals surface area contributed by atoms with E-state index in [1.807, 2.05) is 0 Å². The fourth-order valence-corrected chi connectivity index (χ4v) is 3.19. The van der Waals surface area contributed by atoms with Gasteiger partial charge in [-0.25, -0.2) is 9.78 Å². The molecule has 0 spiro atoms. The van der Waals surface area contributed by atoms with Gasteiger partial charge in [0.15, 0.2) is 17.3 Å². The van der Waals surface area contributed by atoms with Gasteiger partial charge in [0.1, 0.15) is 12.4 Å². The van der Waals surface area contributed by atoms with Gasteiger partial charge in [-0.15, -0.1) is 0 Å². The lowest BCUT2D eigenvalue weighted by atomic mass is 10.0. The maximum atomic E-state index is 13.1. The molecule has 0 fully saturated rings. The van der Waals surface area contributed by atoms with Crippen molar-refractivity contribution in [1.29, 1.82) is 0 Å². The normalized spacial score (nSPS) is 14.7. The molecule has 2 unspecified atom stereocenters. The number of aromatic nitrogens is 3. The zero-order valence-corrected chi connectivity index (χ0v) is 16.2. The fraction of sp³-hybridized carbons (Fsp3) is 0.250. The van der Waals surface area contributed by atoms with Gasteiger partial charge < -0.3 is 20.1 Å². The first-order chi connectivity index (χ1) is 14.8. The summed E-state index contributed by atoms with van der Waals surface area (Å²) in [5.41, 5.74) is 0.151. The molecule has 11 heteroatoms. The third kappa shape index (κ3) is 4.55. The van der Waals surface area contributed by atoms with Crippen molar-refractivity contribution in [3.63, 3.8) is 0 Å². The molecule has 0 bridgehead atoms. The van der Waals surface area contributed by atoms with Crippen LogP contribution in [0.25, 0.3) is 0 Å². The SMILES string of the molecule is CC(NC(=O)NC(c1cccc(C(F)(F)F)c1)c1ncn[nH]1)c1ccc2c(c1)OCO2. The molecule has 2 aromatic carbocycles. The Labute approximate surface area is 174 Å². The van der Waals surface area contributed by atoms with Crippen LogP contribution in [-0.4, -0.2) is 28.0 Å². The molecule has 0 radical (unpaired) electrons. The highest BCUT2D eigenvalue weighted by Gasteiger charge is 2.32. The first-order valence-electron chi connectivity index (χ1n) is 9.30. The summed E-state index contributed by atoms with van der Waals surface area (Å²) >= 11 is 0. The highest BCUT2D eigenvalue weighted by atomic mass is 19.4. The summed E-state index contributed by atoms with van der Waals surface area (Å²) in [6.07, 6.45) is -3.30. The number of ether oxygens (including phenoxy) is 2. The van der Waals surface area contributed by atoms with E-state index in [2.05, 4.69) is 25.8 Å². The van der Waals surface area contributed by atoms with Crippen molar-refractivity contribution in [3.05, 3.63) is 71.3 Å². The van der Waals surface area contributed by atoms with E-state index in [0.717, 1.165) is 17.7 Å². The largest absolute Gasteiger partial charge is 0.454 e. The average molecular weight is 433 g/mol. The summed E-state index contributed by atoms with van der Waals surface area (Å²) in [4.78, 5) is 16.7. The molecule has 2 atom stereocenters. The van der Waals surface area contributed by atoms with Gasteiger partial charge >= 0.3 is 12.2 Å². The minimum absolute atomic E-state index is 0.136. The molecular weight excluding hydrogens is 415 g/mol. The van der Waals surface area contributed by atoms with E-state index in [9.17, 15) is 18.0 Å². The molecule has 0 aliphatic carbocycles. The Morgan fingerprint density at radius 1 is 1.10 bits per heavy atom. The zero-order chi connectivity index (χ0) is 22.0. The van der Waals surface area contributed by atoms with Crippen LogP contribution in [0.1, 0.15) is 41.5 Å². The first-order valence-corrected chi connectivity index (χ1v) is 9.30. The predicted octanol–water partition coefficient (Wildman–Crippen LogP) is 3.70. The number of fused-ring (bicyclic) bond motifs is 1. The lowest BCUT2D eigenvalue weighted by Crippen LogP contribution is -2.40. The smallest absolute Gasteiger partial charge is 0.416 e. The number of halogens is 3. The first kappa shape index (κ1) is 20.5. The van der Waals surface area contributed by atoms with Crippen LogP contribution >= 0.6 is 0 Å². The van der Waals surface area contributed by atoms with Crippen LogP contribution in [0.5, 0.6) is 11.5 Å². The molecule has 4 rings (SSSR count). The van der Waals surface area contributed by atoms with Gasteiger partial charge in [-0.3, -0.25) is 5.10 Å². The van der Waals surface area contributed by atoms with Crippen LogP contribution in [0.15, 0.2) is 48.8 Å². The highest BCUT2D eigenvalue weighted by molar-refractivity contribution is 5.75. The van der Waals surface area contributed by atoms with Gasteiger partial charge in [0.2, 0.25) is 6.79 Å². The van der Waals surface area contributed by atoms with Gasteiger partial charge in [0, 0.05) is 0 Å². The Bertz CT molecular complexity index is 1070. The molecule has 8 nitrogen and oxygen atoms in total. The topological polar surface area (TPSA) is 101 Å². The van der Waals surface area contributed by atoms with Crippen molar-refractivity contribution in [1.82, 2.24) is 25.8 Å². The Balaban J connectivity index is 1.52. The molecule has 2 heterocycles. The van der Waals surface area contributed by atoms with Crippen LogP contribution in [-0.2, 0) is 6.18 Å². The van der Waals surface area contributed by atoms with Crippen LogP contribution < -0.4 is 20.1 Å². The number of amides is 2. The van der Waals surface area contributed by atoms with Crippen LogP contribution in [0, 0.1) is 0 Å². The number of rotatable bonds is 5. The second-order valence-electron chi connectivity index (χ2n) is 6.88. The molecular formula is C20H18F3N5O3. The van der Waals surface area contributed by atoms with Crippen LogP contribution in [0.2, 0.25) is 0 Å². The second-order valence-corrected chi connectivity index (χ2v) is 6.88. The van der Waals surface area contributed by atoms with E-state index in [4.69, 9.17) is 9.47 Å². The van der Waals surface area contributed by atoms with Gasteiger partial charge in [-0.1, -0.05) is 18.2 Å². The maximum absolute atomic E-state index is 13.1. The summed E-state index contributed by atoms with van der Waals surface area (Å²) in [7, 11) is 0. The van der Waals surface area contributed by atoms with Crippen molar-refractivity contribution < 1.29 is 27.4 Å². The number of urea groups is 1. The second kappa shape index (κ2) is 8.17. The summed E-state index contributed by atoms with van der Waals surface area (Å²) < 4.78 is 50.0. The summed E-state index contributed by atoms with van der Waals surface area (Å²) in [5.74, 6) is 1.40. The molecule has 162 valence electrons. The molecule has 1 aliphatic rings. The number of hydrogen-bond donors (Lipinski definition) is 3. The Hall–Kier alpha value is -3.76. The predicted molar refractivity (Wildman–Crippen MR) is 102 cm³/mol. The molecule has 0 saturated carbocycles. The minimum atomic E-state index is -4.52. The van der Waals surface area contributed by atoms with Gasteiger partial charge in [-0.2, -0.15) is 18.3 Å². The number of nitrogens with one attached hydrogen (secondary N) is 3. The number of carbonyl (C=O) groups excluding carboxylic acids is 1. The average Bonchev–Trinajstić information content (AvgIpc) is 3.42. The standard InChI is InChI=1S/C20H18F3N5O3/c1-11(12-5-6-15-16(8-12)31-10-30-15)26-19(29)27-17(18-24-9-25-28-18)13-3-2-4-14(7-13)20(21,22)23/h2-9,11,17H,10H2,1H3,(H,24,25,28)(H2,26,27,29). The number of benzene rings is 2. The number of hydrogen-bond acceptors (Lipinski definition) is 5. The quantitative estimate of drug-likeness (QED) is 0.570. The van der Waals surface area contributed by atoms with Gasteiger partial charge in [0.25, 0.3) is 0 Å². The third-order valence-corrected chi connectivity index (χ3v) is 4.77. The minimum Gasteiger partial charge on any atom is -0.454 e. The zero-order valence-electron chi connectivity index (χ0n) is 16.2. The van der Waals surface area contributed by atoms with Crippen molar-refractivity contribution in [2.24, 2.45) is 0 Å². The number of nitrogens with zero attached hydrogens (tertiary/aromatic N) is 2. The Morgan fingerprint density at radius 2 is 1.90 bits per heavy atom. The van der Waals surface area contributed by atoms with E-state index >= 15 is 0 Å². The molecule has 1 aliphatic heterocycles. The third-order valence-electron chi connectivity index (χ3n) is 4.77. The molecule has 3 N–H and O–H groups in total. The Kier molecular flexibility index (Phi) is 5.40. The van der Waals surface area contributed by atoms with Crippen molar-refractivity contribution in [3.8, 4) is 11.5 Å². The molecule has 31 heavy (non-hydrogen) atoms. The summed E-state index contributed by atoms with van der Waals surface area (Å²) in [5, 5.41) is 11.8. The molecule has 3 aromatic rings. The lowest BCUT2D eigenvalue weighted by molar-refractivity contribution is -0.137. The van der Waals surface area contributed by atoms with E-state index in [1.165, 1.54) is 18.5 Å². The number of aromatic amines is 1. The van der Waals surface area contributed by atoms with E-state index in [1.54, 1.807) is 25.1 Å². The van der Waals surface area contributed by atoms with Crippen molar-refractivity contribution >= 4 is 6.03 Å².